The molecule has 0 atom stereocenters. The van der Waals surface area contributed by atoms with E-state index in [9.17, 15) is 0 Å². The van der Waals surface area contributed by atoms with Crippen molar-refractivity contribution in [2.24, 2.45) is 5.92 Å². The maximum Gasteiger partial charge on any atom is 0.0392 e. The van der Waals surface area contributed by atoms with E-state index in [1.54, 1.807) is 11.3 Å². The molecule has 1 aliphatic rings. The van der Waals surface area contributed by atoms with Gasteiger partial charge < -0.3 is 0 Å². The van der Waals surface area contributed by atoms with Crippen LogP contribution in [0.4, 0.5) is 0 Å². The van der Waals surface area contributed by atoms with Crippen molar-refractivity contribution in [3.63, 3.8) is 0 Å². The van der Waals surface area contributed by atoms with Crippen LogP contribution in [-0.4, -0.2) is 6.54 Å². The van der Waals surface area contributed by atoms with Crippen LogP contribution in [0.25, 0.3) is 0 Å². The molecule has 1 radical (unpaired) electrons. The van der Waals surface area contributed by atoms with E-state index in [0.29, 0.717) is 0 Å². The van der Waals surface area contributed by atoms with Crippen LogP contribution in [0.3, 0.4) is 0 Å². The molecule has 0 saturated heterocycles. The summed E-state index contributed by atoms with van der Waals surface area (Å²) in [6.07, 6.45) is 2.82. The summed E-state index contributed by atoms with van der Waals surface area (Å²) < 4.78 is 0. The quantitative estimate of drug-likeness (QED) is 0.651. The predicted octanol–water partition coefficient (Wildman–Crippen LogP) is 2.26. The van der Waals surface area contributed by atoms with Crippen LogP contribution in [-0.2, 0) is 6.54 Å². The van der Waals surface area contributed by atoms with Gasteiger partial charge in [0.1, 0.15) is 0 Å². The Morgan fingerprint density at radius 1 is 1.55 bits per heavy atom. The third-order valence-electron chi connectivity index (χ3n) is 1.96. The Morgan fingerprint density at radius 2 is 2.45 bits per heavy atom. The van der Waals surface area contributed by atoms with Gasteiger partial charge in [0.2, 0.25) is 0 Å². The van der Waals surface area contributed by atoms with Gasteiger partial charge in [-0.1, -0.05) is 0 Å². The van der Waals surface area contributed by atoms with Gasteiger partial charge in [0.25, 0.3) is 0 Å². The Balaban J connectivity index is 1.66. The standard InChI is InChI=1S/C9H12NS/c1-2-8(1)5-10-6-9-3-4-11-7-9/h3-4,7-8H,1-2,5-6H2. The van der Waals surface area contributed by atoms with E-state index in [2.05, 4.69) is 22.1 Å². The molecule has 59 valence electrons. The second-order valence-corrected chi connectivity index (χ2v) is 3.92. The SMILES string of the molecule is c1cc(C[N]CC2CC2)cs1. The maximum absolute atomic E-state index is 4.48. The molecule has 1 heterocycles. The number of rotatable bonds is 4. The molecule has 2 heteroatoms. The molecule has 1 aliphatic carbocycles. The molecule has 1 fully saturated rings. The largest absolute Gasteiger partial charge is 0.237 e. The summed E-state index contributed by atoms with van der Waals surface area (Å²) in [5, 5.41) is 8.77. The second kappa shape index (κ2) is 3.37. The van der Waals surface area contributed by atoms with E-state index in [1.807, 2.05) is 0 Å². The summed E-state index contributed by atoms with van der Waals surface area (Å²) in [5.74, 6) is 0.939. The first-order valence-corrected chi connectivity index (χ1v) is 5.04. The van der Waals surface area contributed by atoms with Gasteiger partial charge in [0.15, 0.2) is 0 Å². The zero-order chi connectivity index (χ0) is 7.52. The average molecular weight is 166 g/mol. The van der Waals surface area contributed by atoms with Crippen LogP contribution in [0, 0.1) is 5.92 Å². The van der Waals surface area contributed by atoms with Crippen molar-refractivity contribution in [3.8, 4) is 0 Å². The summed E-state index contributed by atoms with van der Waals surface area (Å²) in [5.41, 5.74) is 1.37. The number of hydrogen-bond donors (Lipinski definition) is 0. The molecule has 1 aromatic rings. The van der Waals surface area contributed by atoms with Crippen LogP contribution in [0.1, 0.15) is 18.4 Å². The third kappa shape index (κ3) is 2.31. The predicted molar refractivity (Wildman–Crippen MR) is 47.7 cm³/mol. The zero-order valence-corrected chi connectivity index (χ0v) is 7.31. The molecule has 0 aliphatic heterocycles. The van der Waals surface area contributed by atoms with Crippen molar-refractivity contribution in [1.29, 1.82) is 0 Å². The second-order valence-electron chi connectivity index (χ2n) is 3.14. The molecule has 1 aromatic heterocycles. The van der Waals surface area contributed by atoms with Crippen molar-refractivity contribution in [3.05, 3.63) is 22.4 Å². The van der Waals surface area contributed by atoms with Gasteiger partial charge in [0, 0.05) is 13.1 Å². The van der Waals surface area contributed by atoms with Gasteiger partial charge in [-0.05, 0) is 41.1 Å². The van der Waals surface area contributed by atoms with E-state index in [0.717, 1.165) is 19.0 Å². The highest BCUT2D eigenvalue weighted by Crippen LogP contribution is 2.28. The lowest BCUT2D eigenvalue weighted by molar-refractivity contribution is 0.626. The molecular formula is C9H12NS. The molecule has 0 spiro atoms. The molecule has 0 aromatic carbocycles. The van der Waals surface area contributed by atoms with Gasteiger partial charge in [-0.3, -0.25) is 0 Å². The molecule has 1 nitrogen and oxygen atoms in total. The molecular weight excluding hydrogens is 154 g/mol. The van der Waals surface area contributed by atoms with Gasteiger partial charge in [-0.15, -0.1) is 0 Å². The fourth-order valence-corrected chi connectivity index (χ4v) is 1.72. The molecule has 2 rings (SSSR count). The summed E-state index contributed by atoms with van der Waals surface area (Å²) >= 11 is 1.75. The Bertz CT molecular complexity index is 201. The van der Waals surface area contributed by atoms with Gasteiger partial charge in [-0.2, -0.15) is 11.3 Å². The normalized spacial score (nSPS) is 17.1. The highest BCUT2D eigenvalue weighted by molar-refractivity contribution is 7.07. The van der Waals surface area contributed by atoms with Crippen molar-refractivity contribution in [1.82, 2.24) is 5.32 Å². The Morgan fingerprint density at radius 3 is 3.09 bits per heavy atom. The highest BCUT2D eigenvalue weighted by atomic mass is 32.1. The summed E-state index contributed by atoms with van der Waals surface area (Å²) in [4.78, 5) is 0. The molecule has 11 heavy (non-hydrogen) atoms. The van der Waals surface area contributed by atoms with E-state index >= 15 is 0 Å². The van der Waals surface area contributed by atoms with Crippen molar-refractivity contribution < 1.29 is 0 Å². The molecule has 0 amide bonds. The Hall–Kier alpha value is -0.340. The fraction of sp³-hybridized carbons (Fsp3) is 0.556. The third-order valence-corrected chi connectivity index (χ3v) is 2.69. The number of thiophene rings is 1. The molecule has 0 N–H and O–H groups in total. The van der Waals surface area contributed by atoms with E-state index in [-0.39, 0.29) is 0 Å². The molecule has 0 unspecified atom stereocenters. The van der Waals surface area contributed by atoms with Gasteiger partial charge in [-0.25, -0.2) is 5.32 Å². The van der Waals surface area contributed by atoms with Crippen LogP contribution >= 0.6 is 11.3 Å². The lowest BCUT2D eigenvalue weighted by atomic mass is 10.3. The van der Waals surface area contributed by atoms with Gasteiger partial charge in [0.05, 0.1) is 0 Å². The topological polar surface area (TPSA) is 14.1 Å². The summed E-state index contributed by atoms with van der Waals surface area (Å²) in [6, 6.07) is 2.15. The summed E-state index contributed by atoms with van der Waals surface area (Å²) in [6.45, 7) is 2.02. The first kappa shape index (κ1) is 7.32. The smallest absolute Gasteiger partial charge is 0.0392 e. The Kier molecular flexibility index (Phi) is 2.24. The van der Waals surface area contributed by atoms with Crippen LogP contribution in [0.5, 0.6) is 0 Å². The van der Waals surface area contributed by atoms with E-state index in [4.69, 9.17) is 0 Å². The first-order valence-electron chi connectivity index (χ1n) is 4.09. The molecule has 0 bridgehead atoms. The number of nitrogens with zero attached hydrogens (tertiary/aromatic N) is 1. The monoisotopic (exact) mass is 166 g/mol. The van der Waals surface area contributed by atoms with E-state index < -0.39 is 0 Å². The van der Waals surface area contributed by atoms with E-state index in [1.165, 1.54) is 18.4 Å². The number of hydrogen-bond acceptors (Lipinski definition) is 1. The van der Waals surface area contributed by atoms with Crippen LogP contribution in [0.2, 0.25) is 0 Å². The Labute approximate surface area is 71.4 Å². The fourth-order valence-electron chi connectivity index (χ4n) is 1.06. The lowest BCUT2D eigenvalue weighted by Crippen LogP contribution is -2.07. The van der Waals surface area contributed by atoms with Gasteiger partial charge >= 0.3 is 0 Å². The average Bonchev–Trinajstić information content (AvgIpc) is 2.66. The van der Waals surface area contributed by atoms with Crippen molar-refractivity contribution in [2.75, 3.05) is 6.54 Å². The van der Waals surface area contributed by atoms with Crippen molar-refractivity contribution >= 4 is 11.3 Å². The van der Waals surface area contributed by atoms with Crippen molar-refractivity contribution in [2.45, 2.75) is 19.4 Å². The van der Waals surface area contributed by atoms with Crippen LogP contribution in [0.15, 0.2) is 16.8 Å². The minimum absolute atomic E-state index is 0.931. The zero-order valence-electron chi connectivity index (χ0n) is 6.49. The molecule has 1 saturated carbocycles. The maximum atomic E-state index is 4.48. The minimum atomic E-state index is 0.931. The van der Waals surface area contributed by atoms with Crippen LogP contribution < -0.4 is 5.32 Å². The summed E-state index contributed by atoms with van der Waals surface area (Å²) in [7, 11) is 0. The first-order chi connectivity index (χ1) is 5.45. The minimum Gasteiger partial charge on any atom is -0.237 e. The highest BCUT2D eigenvalue weighted by Gasteiger charge is 2.20. The lowest BCUT2D eigenvalue weighted by Gasteiger charge is -1.96.